The Labute approximate surface area is 189 Å². The fraction of sp³-hybridized carbons (Fsp3) is 0.227. The summed E-state index contributed by atoms with van der Waals surface area (Å²) in [5, 5.41) is 3.69. The number of hydrogen-bond donors (Lipinski definition) is 2. The zero-order chi connectivity index (χ0) is 22.0. The molecule has 3 N–H and O–H groups in total. The van der Waals surface area contributed by atoms with Crippen molar-refractivity contribution in [2.24, 2.45) is 0 Å². The zero-order valence-corrected chi connectivity index (χ0v) is 18.4. The lowest BCUT2D eigenvalue weighted by atomic mass is 10.2. The molecule has 0 fully saturated rings. The second-order valence-electron chi connectivity index (χ2n) is 6.88. The topological polar surface area (TPSA) is 95.1 Å². The molecule has 0 radical (unpaired) electrons. The number of amides is 1. The highest BCUT2D eigenvalue weighted by molar-refractivity contribution is 6.42. The minimum Gasteiger partial charge on any atom is -0.384 e. The number of para-hydroxylation sites is 2. The number of ether oxygens (including phenoxy) is 1. The van der Waals surface area contributed by atoms with Crippen LogP contribution in [-0.2, 0) is 4.74 Å². The number of anilines is 1. The van der Waals surface area contributed by atoms with Crippen LogP contribution in [0.25, 0.3) is 27.9 Å². The summed E-state index contributed by atoms with van der Waals surface area (Å²) in [7, 11) is 0. The first-order valence-electron chi connectivity index (χ1n) is 9.89. The molecule has 0 saturated heterocycles. The Morgan fingerprint density at radius 3 is 2.58 bits per heavy atom. The lowest BCUT2D eigenvalue weighted by Gasteiger charge is -2.09. The lowest BCUT2D eigenvalue weighted by Crippen LogP contribution is -2.26. The van der Waals surface area contributed by atoms with Crippen LogP contribution in [0.15, 0.2) is 42.5 Å². The third kappa shape index (κ3) is 4.17. The summed E-state index contributed by atoms with van der Waals surface area (Å²) >= 11 is 12.3. The van der Waals surface area contributed by atoms with Crippen LogP contribution < -0.4 is 11.1 Å². The smallest absolute Gasteiger partial charge is 0.257 e. The maximum atomic E-state index is 13.1. The molecule has 0 aliphatic heterocycles. The van der Waals surface area contributed by atoms with Gasteiger partial charge in [-0.25, -0.2) is 9.97 Å². The number of carbonyl (C=O) groups excluding carboxylic acids is 1. The Bertz CT molecular complexity index is 1270. The normalized spacial score (nSPS) is 11.3. The highest BCUT2D eigenvalue weighted by atomic mass is 35.5. The number of carbonyl (C=O) groups is 1. The van der Waals surface area contributed by atoms with Crippen molar-refractivity contribution in [1.29, 1.82) is 0 Å². The van der Waals surface area contributed by atoms with Crippen LogP contribution in [0.1, 0.15) is 23.7 Å². The maximum Gasteiger partial charge on any atom is 0.257 e. The molecule has 2 heterocycles. The molecule has 4 rings (SSSR count). The summed E-state index contributed by atoms with van der Waals surface area (Å²) in [6, 6.07) is 12.6. The van der Waals surface area contributed by atoms with Gasteiger partial charge in [0.1, 0.15) is 16.9 Å². The summed E-state index contributed by atoms with van der Waals surface area (Å²) in [6.07, 6.45) is 0.694. The molecule has 31 heavy (non-hydrogen) atoms. The van der Waals surface area contributed by atoms with Gasteiger partial charge in [0.05, 0.1) is 26.8 Å². The van der Waals surface area contributed by atoms with Gasteiger partial charge in [0, 0.05) is 19.8 Å². The van der Waals surface area contributed by atoms with Gasteiger partial charge in [-0.15, -0.1) is 0 Å². The Kier molecular flexibility index (Phi) is 6.27. The van der Waals surface area contributed by atoms with Gasteiger partial charge in [-0.3, -0.25) is 9.36 Å². The van der Waals surface area contributed by atoms with E-state index in [1.54, 1.807) is 22.8 Å². The number of hydrogen-bond acceptors (Lipinski definition) is 5. The average Bonchev–Trinajstić information content (AvgIpc) is 3.04. The number of halogens is 2. The predicted molar refractivity (Wildman–Crippen MR) is 124 cm³/mol. The van der Waals surface area contributed by atoms with E-state index in [9.17, 15) is 4.79 Å². The molecule has 9 heteroatoms. The molecule has 0 unspecified atom stereocenters. The lowest BCUT2D eigenvalue weighted by molar-refractivity contribution is 0.0946. The molecule has 0 spiro atoms. The van der Waals surface area contributed by atoms with Crippen LogP contribution >= 0.6 is 23.2 Å². The summed E-state index contributed by atoms with van der Waals surface area (Å²) in [6.45, 7) is 3.60. The van der Waals surface area contributed by atoms with Gasteiger partial charge in [0.15, 0.2) is 5.65 Å². The number of nitrogens with zero attached hydrogens (tertiary/aromatic N) is 3. The van der Waals surface area contributed by atoms with E-state index in [4.69, 9.17) is 43.6 Å². The predicted octanol–water partition coefficient (Wildman–Crippen LogP) is 4.62. The molecule has 2 aromatic heterocycles. The third-order valence-electron chi connectivity index (χ3n) is 4.84. The monoisotopic (exact) mass is 457 g/mol. The first-order valence-corrected chi connectivity index (χ1v) is 10.6. The molecule has 0 aliphatic carbocycles. The molecule has 0 aliphatic rings. The molecular weight excluding hydrogens is 437 g/mol. The first kappa shape index (κ1) is 21.4. The number of fused-ring (bicyclic) bond motifs is 2. The number of nitrogens with one attached hydrogen (secondary N) is 1. The fourth-order valence-electron chi connectivity index (χ4n) is 3.38. The average molecular weight is 458 g/mol. The first-order chi connectivity index (χ1) is 15.0. The van der Waals surface area contributed by atoms with E-state index >= 15 is 0 Å². The van der Waals surface area contributed by atoms with Crippen molar-refractivity contribution in [2.45, 2.75) is 13.3 Å². The van der Waals surface area contributed by atoms with Gasteiger partial charge in [-0.1, -0.05) is 35.3 Å². The van der Waals surface area contributed by atoms with Crippen LogP contribution in [0.3, 0.4) is 0 Å². The standard InChI is InChI=1S/C22H21Cl2N5O2/c1-2-31-11-5-10-26-22(30)18-19-21(28-17-7-4-3-6-16(17)27-19)29(20(18)25)13-8-9-14(23)15(24)12-13/h3-4,6-9,12H,2,5,10-11,25H2,1H3,(H,26,30). The van der Waals surface area contributed by atoms with E-state index in [2.05, 4.69) is 5.32 Å². The van der Waals surface area contributed by atoms with Crippen molar-refractivity contribution >= 4 is 57.1 Å². The molecular formula is C22H21Cl2N5O2. The number of aromatic nitrogens is 3. The summed E-state index contributed by atoms with van der Waals surface area (Å²) in [4.78, 5) is 22.5. The molecule has 160 valence electrons. The van der Waals surface area contributed by atoms with Crippen LogP contribution in [0.5, 0.6) is 0 Å². The van der Waals surface area contributed by atoms with Crippen molar-refractivity contribution in [3.63, 3.8) is 0 Å². The van der Waals surface area contributed by atoms with Crippen molar-refractivity contribution < 1.29 is 9.53 Å². The van der Waals surface area contributed by atoms with E-state index < -0.39 is 0 Å². The Morgan fingerprint density at radius 1 is 1.13 bits per heavy atom. The van der Waals surface area contributed by atoms with Gasteiger partial charge < -0.3 is 15.8 Å². The third-order valence-corrected chi connectivity index (χ3v) is 5.58. The van der Waals surface area contributed by atoms with E-state index in [-0.39, 0.29) is 17.3 Å². The summed E-state index contributed by atoms with van der Waals surface area (Å²) in [5.41, 5.74) is 9.64. The molecule has 4 aromatic rings. The van der Waals surface area contributed by atoms with Crippen molar-refractivity contribution in [1.82, 2.24) is 19.9 Å². The second kappa shape index (κ2) is 9.09. The number of rotatable bonds is 7. The number of nitrogen functional groups attached to an aromatic ring is 1. The van der Waals surface area contributed by atoms with Gasteiger partial charge >= 0.3 is 0 Å². The molecule has 0 saturated carbocycles. The molecule has 2 aromatic carbocycles. The number of nitrogens with two attached hydrogens (primary N) is 1. The highest BCUT2D eigenvalue weighted by Crippen LogP contribution is 2.33. The van der Waals surface area contributed by atoms with Gasteiger partial charge in [-0.05, 0) is 43.7 Å². The summed E-state index contributed by atoms with van der Waals surface area (Å²) in [5.74, 6) is -0.0895. The van der Waals surface area contributed by atoms with Crippen molar-refractivity contribution in [3.8, 4) is 5.69 Å². The van der Waals surface area contributed by atoms with E-state index in [0.717, 1.165) is 0 Å². The highest BCUT2D eigenvalue weighted by Gasteiger charge is 2.25. The van der Waals surface area contributed by atoms with E-state index in [1.807, 2.05) is 31.2 Å². The minimum atomic E-state index is -0.317. The van der Waals surface area contributed by atoms with Gasteiger partial charge in [-0.2, -0.15) is 0 Å². The Hall–Kier alpha value is -2.87. The fourth-order valence-corrected chi connectivity index (χ4v) is 3.67. The van der Waals surface area contributed by atoms with Crippen molar-refractivity contribution in [2.75, 3.05) is 25.5 Å². The van der Waals surface area contributed by atoms with Crippen LogP contribution in [-0.4, -0.2) is 40.2 Å². The molecule has 7 nitrogen and oxygen atoms in total. The van der Waals surface area contributed by atoms with Crippen LogP contribution in [0, 0.1) is 0 Å². The maximum absolute atomic E-state index is 13.1. The summed E-state index contributed by atoms with van der Waals surface area (Å²) < 4.78 is 6.99. The van der Waals surface area contributed by atoms with Crippen molar-refractivity contribution in [3.05, 3.63) is 58.1 Å². The zero-order valence-electron chi connectivity index (χ0n) is 16.9. The number of benzene rings is 2. The van der Waals surface area contributed by atoms with Gasteiger partial charge in [0.2, 0.25) is 0 Å². The molecule has 1 amide bonds. The van der Waals surface area contributed by atoms with Gasteiger partial charge in [0.25, 0.3) is 5.91 Å². The van der Waals surface area contributed by atoms with E-state index in [0.29, 0.717) is 64.1 Å². The molecule has 0 atom stereocenters. The van der Waals surface area contributed by atoms with Crippen LogP contribution in [0.4, 0.5) is 5.82 Å². The second-order valence-corrected chi connectivity index (χ2v) is 7.70. The Balaban J connectivity index is 1.85. The molecule has 0 bridgehead atoms. The van der Waals surface area contributed by atoms with Crippen LogP contribution in [0.2, 0.25) is 10.0 Å². The minimum absolute atomic E-state index is 0.228. The quantitative estimate of drug-likeness (QED) is 0.394. The van der Waals surface area contributed by atoms with E-state index in [1.165, 1.54) is 0 Å². The Morgan fingerprint density at radius 2 is 1.87 bits per heavy atom. The largest absolute Gasteiger partial charge is 0.384 e. The SMILES string of the molecule is CCOCCCNC(=O)c1c(N)n(-c2ccc(Cl)c(Cl)c2)c2nc3ccccc3nc12.